The number of aryl methyl sites for hydroxylation is 1. The number of carbonyl (C=O) groups excluding carboxylic acids is 1. The highest BCUT2D eigenvalue weighted by Crippen LogP contribution is 2.28. The molecule has 0 saturated carbocycles. The van der Waals surface area contributed by atoms with Crippen LogP contribution in [0.4, 0.5) is 0 Å². The number of likely N-dealkylation sites (N-methyl/N-ethyl adjacent to an activating group) is 1. The fourth-order valence-electron chi connectivity index (χ4n) is 3.13. The molecule has 2 aromatic carbocycles. The Bertz CT molecular complexity index is 750. The summed E-state index contributed by atoms with van der Waals surface area (Å²) in [5.41, 5.74) is 5.50. The average molecular weight is 321 g/mol. The van der Waals surface area contributed by atoms with Gasteiger partial charge in [0, 0.05) is 13.1 Å². The van der Waals surface area contributed by atoms with Crippen molar-refractivity contribution in [3.8, 4) is 5.75 Å². The molecule has 3 nitrogen and oxygen atoms in total. The van der Waals surface area contributed by atoms with Gasteiger partial charge in [0.15, 0.2) is 6.29 Å². The summed E-state index contributed by atoms with van der Waals surface area (Å²) in [6, 6.07) is 16.2. The first-order valence-corrected chi connectivity index (χ1v) is 8.31. The molecule has 1 aliphatic rings. The molecule has 0 aliphatic carbocycles. The highest BCUT2D eigenvalue weighted by molar-refractivity contribution is 5.81. The quantitative estimate of drug-likeness (QED) is 0.780. The van der Waals surface area contributed by atoms with Gasteiger partial charge in [-0.1, -0.05) is 42.5 Å². The van der Waals surface area contributed by atoms with E-state index in [0.29, 0.717) is 17.9 Å². The maximum Gasteiger partial charge on any atom is 0.154 e. The fourth-order valence-corrected chi connectivity index (χ4v) is 3.13. The van der Waals surface area contributed by atoms with Gasteiger partial charge in [-0.25, -0.2) is 0 Å². The molecule has 0 radical (unpaired) electrons. The van der Waals surface area contributed by atoms with E-state index in [2.05, 4.69) is 36.2 Å². The third kappa shape index (κ3) is 3.57. The second-order valence-corrected chi connectivity index (χ2v) is 6.33. The van der Waals surface area contributed by atoms with Crippen molar-refractivity contribution in [1.29, 1.82) is 0 Å². The van der Waals surface area contributed by atoms with Gasteiger partial charge < -0.3 is 9.64 Å². The minimum Gasteiger partial charge on any atom is -0.488 e. The summed E-state index contributed by atoms with van der Waals surface area (Å²) in [5, 5.41) is 0. The minimum atomic E-state index is 0.530. The molecule has 0 amide bonds. The Morgan fingerprint density at radius 2 is 1.92 bits per heavy atom. The predicted molar refractivity (Wildman–Crippen MR) is 97.5 cm³/mol. The zero-order valence-corrected chi connectivity index (χ0v) is 14.3. The number of hydrogen-bond acceptors (Lipinski definition) is 3. The molecule has 1 heterocycles. The molecule has 24 heavy (non-hydrogen) atoms. The summed E-state index contributed by atoms with van der Waals surface area (Å²) in [6.07, 6.45) is 1.87. The smallest absolute Gasteiger partial charge is 0.154 e. The van der Waals surface area contributed by atoms with Crippen LogP contribution in [0.1, 0.15) is 27.9 Å². The van der Waals surface area contributed by atoms with Gasteiger partial charge in [0.2, 0.25) is 0 Å². The highest BCUT2D eigenvalue weighted by atomic mass is 16.5. The summed E-state index contributed by atoms with van der Waals surface area (Å²) in [4.78, 5) is 13.7. The number of benzene rings is 2. The molecule has 0 spiro atoms. The van der Waals surface area contributed by atoms with Crippen LogP contribution in [-0.2, 0) is 0 Å². The Kier molecular flexibility index (Phi) is 5.11. The van der Waals surface area contributed by atoms with Crippen LogP contribution in [0.5, 0.6) is 5.75 Å². The molecule has 3 rings (SSSR count). The van der Waals surface area contributed by atoms with Gasteiger partial charge in [0.05, 0.1) is 5.56 Å². The van der Waals surface area contributed by atoms with Crippen molar-refractivity contribution in [2.75, 3.05) is 26.7 Å². The predicted octanol–water partition coefficient (Wildman–Crippen LogP) is 3.98. The molecule has 124 valence electrons. The Balaban J connectivity index is 1.87. The maximum atomic E-state index is 11.3. The van der Waals surface area contributed by atoms with E-state index < -0.39 is 0 Å². The van der Waals surface area contributed by atoms with Crippen molar-refractivity contribution >= 4 is 11.9 Å². The van der Waals surface area contributed by atoms with Gasteiger partial charge in [0.1, 0.15) is 12.4 Å². The number of hydrogen-bond donors (Lipinski definition) is 0. The lowest BCUT2D eigenvalue weighted by molar-refractivity contribution is 0.111. The van der Waals surface area contributed by atoms with Crippen molar-refractivity contribution in [2.45, 2.75) is 13.3 Å². The molecule has 1 aliphatic heterocycles. The van der Waals surface area contributed by atoms with Crippen molar-refractivity contribution < 1.29 is 9.53 Å². The molecule has 0 saturated heterocycles. The number of ether oxygens (including phenoxy) is 1. The van der Waals surface area contributed by atoms with Crippen molar-refractivity contribution in [2.24, 2.45) is 0 Å². The van der Waals surface area contributed by atoms with Crippen LogP contribution in [0, 0.1) is 6.92 Å². The first-order chi connectivity index (χ1) is 11.7. The molecule has 0 aromatic heterocycles. The first-order valence-electron chi connectivity index (χ1n) is 8.31. The van der Waals surface area contributed by atoms with E-state index in [-0.39, 0.29) is 0 Å². The fraction of sp³-hybridized carbons (Fsp3) is 0.286. The van der Waals surface area contributed by atoms with Gasteiger partial charge in [-0.05, 0) is 48.7 Å². The molecule has 0 fully saturated rings. The van der Waals surface area contributed by atoms with Gasteiger partial charge in [-0.15, -0.1) is 0 Å². The summed E-state index contributed by atoms with van der Waals surface area (Å²) in [7, 11) is 2.14. The van der Waals surface area contributed by atoms with Crippen molar-refractivity contribution in [1.82, 2.24) is 4.90 Å². The molecular weight excluding hydrogens is 298 g/mol. The number of carbonyl (C=O) groups is 1. The Morgan fingerprint density at radius 1 is 1.12 bits per heavy atom. The Labute approximate surface area is 143 Å². The Morgan fingerprint density at radius 3 is 2.67 bits per heavy atom. The molecule has 0 atom stereocenters. The second-order valence-electron chi connectivity index (χ2n) is 6.33. The average Bonchev–Trinajstić information content (AvgIpc) is 2.61. The van der Waals surface area contributed by atoms with E-state index >= 15 is 0 Å². The van der Waals surface area contributed by atoms with Gasteiger partial charge in [0.25, 0.3) is 0 Å². The van der Waals surface area contributed by atoms with E-state index in [1.807, 2.05) is 31.2 Å². The molecule has 0 N–H and O–H groups in total. The van der Waals surface area contributed by atoms with Crippen LogP contribution in [0.3, 0.4) is 0 Å². The molecule has 3 heteroatoms. The summed E-state index contributed by atoms with van der Waals surface area (Å²) >= 11 is 0. The van der Waals surface area contributed by atoms with Crippen LogP contribution in [0.2, 0.25) is 0 Å². The molecule has 0 unspecified atom stereocenters. The number of nitrogens with zero attached hydrogens (tertiary/aromatic N) is 1. The summed E-state index contributed by atoms with van der Waals surface area (Å²) < 4.78 is 6.03. The number of rotatable bonds is 5. The van der Waals surface area contributed by atoms with E-state index in [4.69, 9.17) is 4.74 Å². The lowest BCUT2D eigenvalue weighted by Gasteiger charge is -2.28. The largest absolute Gasteiger partial charge is 0.488 e. The third-order valence-corrected chi connectivity index (χ3v) is 4.58. The zero-order valence-electron chi connectivity index (χ0n) is 14.3. The van der Waals surface area contributed by atoms with E-state index in [1.165, 1.54) is 16.7 Å². The second kappa shape index (κ2) is 7.45. The van der Waals surface area contributed by atoms with Crippen LogP contribution < -0.4 is 4.74 Å². The summed E-state index contributed by atoms with van der Waals surface area (Å²) in [6.45, 7) is 4.42. The molecule has 0 bridgehead atoms. The minimum absolute atomic E-state index is 0.530. The maximum absolute atomic E-state index is 11.3. The van der Waals surface area contributed by atoms with Crippen LogP contribution >= 0.6 is 0 Å². The highest BCUT2D eigenvalue weighted by Gasteiger charge is 2.18. The van der Waals surface area contributed by atoms with E-state index in [1.54, 1.807) is 0 Å². The van der Waals surface area contributed by atoms with E-state index in [9.17, 15) is 4.79 Å². The third-order valence-electron chi connectivity index (χ3n) is 4.58. The van der Waals surface area contributed by atoms with Crippen molar-refractivity contribution in [3.63, 3.8) is 0 Å². The SMILES string of the molecule is Cc1cccc(OCC2=C(c3ccccc3)CN(C)CC2)c1C=O. The lowest BCUT2D eigenvalue weighted by atomic mass is 9.94. The first kappa shape index (κ1) is 16.5. The topological polar surface area (TPSA) is 29.5 Å². The zero-order chi connectivity index (χ0) is 16.9. The van der Waals surface area contributed by atoms with Gasteiger partial charge in [-0.3, -0.25) is 4.79 Å². The monoisotopic (exact) mass is 321 g/mol. The Hall–Kier alpha value is -2.39. The van der Waals surface area contributed by atoms with Crippen LogP contribution in [0.25, 0.3) is 5.57 Å². The van der Waals surface area contributed by atoms with Crippen LogP contribution in [0.15, 0.2) is 54.1 Å². The van der Waals surface area contributed by atoms with Crippen molar-refractivity contribution in [3.05, 3.63) is 70.8 Å². The normalized spacial score (nSPS) is 15.4. The van der Waals surface area contributed by atoms with Crippen LogP contribution in [-0.4, -0.2) is 37.9 Å². The molecule has 2 aromatic rings. The van der Waals surface area contributed by atoms with Gasteiger partial charge in [-0.2, -0.15) is 0 Å². The summed E-state index contributed by atoms with van der Waals surface area (Å²) in [5.74, 6) is 0.670. The van der Waals surface area contributed by atoms with Gasteiger partial charge >= 0.3 is 0 Å². The standard InChI is InChI=1S/C21H23NO2/c1-16-7-6-10-21(20(16)14-23)24-15-18-11-12-22(2)13-19(18)17-8-4-3-5-9-17/h3-10,14H,11-13,15H2,1-2H3. The lowest BCUT2D eigenvalue weighted by Crippen LogP contribution is -2.29. The number of aldehydes is 1. The molecular formula is C21H23NO2. The van der Waals surface area contributed by atoms with E-state index in [0.717, 1.165) is 31.4 Å².